The Kier molecular flexibility index (Phi) is 6.70. The number of fused-ring (bicyclic) bond motifs is 1. The lowest BCUT2D eigenvalue weighted by molar-refractivity contribution is -0.182. The molecule has 0 unspecified atom stereocenters. The molecule has 0 spiro atoms. The summed E-state index contributed by atoms with van der Waals surface area (Å²) in [5, 5.41) is 12.8. The summed E-state index contributed by atoms with van der Waals surface area (Å²) in [5.74, 6) is 0.0270. The van der Waals surface area contributed by atoms with Crippen LogP contribution < -0.4 is 5.32 Å². The van der Waals surface area contributed by atoms with Crippen LogP contribution in [0.2, 0.25) is 5.02 Å². The van der Waals surface area contributed by atoms with E-state index in [1.54, 1.807) is 12.1 Å². The summed E-state index contributed by atoms with van der Waals surface area (Å²) >= 11 is 6.01. The molecule has 2 aliphatic rings. The highest BCUT2D eigenvalue weighted by Crippen LogP contribution is 2.43. The maximum absolute atomic E-state index is 12.9. The van der Waals surface area contributed by atoms with Gasteiger partial charge in [-0.05, 0) is 81.7 Å². The molecule has 2 saturated carbocycles. The summed E-state index contributed by atoms with van der Waals surface area (Å²) in [7, 11) is 0. The SMILES string of the molecule is O=C(Nc1ccc2cc(Cl)ccc2n1)C1CCC(c2nnc(C3CCC(C(F)(F)F)CC3)o2)CC1. The minimum absolute atomic E-state index is 0.0584. The lowest BCUT2D eigenvalue weighted by atomic mass is 9.81. The predicted molar refractivity (Wildman–Crippen MR) is 125 cm³/mol. The van der Waals surface area contributed by atoms with Crippen LogP contribution >= 0.6 is 11.6 Å². The fourth-order valence-electron chi connectivity index (χ4n) is 5.24. The number of nitrogens with zero attached hydrogens (tertiary/aromatic N) is 3. The molecular weight excluding hydrogens is 481 g/mol. The lowest BCUT2D eigenvalue weighted by Gasteiger charge is -2.28. The Morgan fingerprint density at radius 3 is 2.17 bits per heavy atom. The monoisotopic (exact) mass is 506 g/mol. The van der Waals surface area contributed by atoms with Crippen molar-refractivity contribution in [3.8, 4) is 0 Å². The van der Waals surface area contributed by atoms with Crippen LogP contribution in [0.25, 0.3) is 10.9 Å². The molecule has 10 heteroatoms. The number of nitrogens with one attached hydrogen (secondary N) is 1. The van der Waals surface area contributed by atoms with Gasteiger partial charge in [0.2, 0.25) is 17.7 Å². The van der Waals surface area contributed by atoms with Gasteiger partial charge in [0.15, 0.2) is 0 Å². The zero-order valence-electron chi connectivity index (χ0n) is 19.0. The molecule has 2 fully saturated rings. The van der Waals surface area contributed by atoms with Gasteiger partial charge in [-0.2, -0.15) is 13.2 Å². The van der Waals surface area contributed by atoms with Gasteiger partial charge >= 0.3 is 6.18 Å². The predicted octanol–water partition coefficient (Wildman–Crippen LogP) is 7.02. The minimum Gasteiger partial charge on any atom is -0.425 e. The van der Waals surface area contributed by atoms with Crippen molar-refractivity contribution in [2.45, 2.75) is 69.4 Å². The summed E-state index contributed by atoms with van der Waals surface area (Å²) in [6.07, 6.45) is -0.244. The van der Waals surface area contributed by atoms with Gasteiger partial charge in [0.25, 0.3) is 0 Å². The number of carbonyl (C=O) groups excluding carboxylic acids is 1. The zero-order valence-corrected chi connectivity index (χ0v) is 19.8. The molecular formula is C25H26ClF3N4O2. The van der Waals surface area contributed by atoms with Crippen LogP contribution in [-0.4, -0.2) is 27.3 Å². The molecule has 2 aliphatic carbocycles. The smallest absolute Gasteiger partial charge is 0.391 e. The number of alkyl halides is 3. The minimum atomic E-state index is -4.13. The Morgan fingerprint density at radius 2 is 1.54 bits per heavy atom. The van der Waals surface area contributed by atoms with Crippen LogP contribution in [0.4, 0.5) is 19.0 Å². The average molecular weight is 507 g/mol. The van der Waals surface area contributed by atoms with Gasteiger partial charge in [-0.15, -0.1) is 10.2 Å². The Bertz CT molecular complexity index is 1200. The van der Waals surface area contributed by atoms with Gasteiger partial charge < -0.3 is 9.73 Å². The van der Waals surface area contributed by atoms with Gasteiger partial charge in [0.1, 0.15) is 5.82 Å². The quantitative estimate of drug-likeness (QED) is 0.411. The molecule has 1 amide bonds. The number of hydrogen-bond acceptors (Lipinski definition) is 5. The van der Waals surface area contributed by atoms with Gasteiger partial charge in [-0.25, -0.2) is 4.98 Å². The first-order valence-corrected chi connectivity index (χ1v) is 12.4. The van der Waals surface area contributed by atoms with Crippen molar-refractivity contribution in [1.82, 2.24) is 15.2 Å². The molecule has 2 aromatic heterocycles. The first-order valence-electron chi connectivity index (χ1n) is 12.0. The molecule has 186 valence electrons. The highest BCUT2D eigenvalue weighted by Gasteiger charge is 2.42. The van der Waals surface area contributed by atoms with E-state index in [-0.39, 0.29) is 36.5 Å². The number of amides is 1. The van der Waals surface area contributed by atoms with E-state index in [0.717, 1.165) is 23.7 Å². The fourth-order valence-corrected chi connectivity index (χ4v) is 5.42. The average Bonchev–Trinajstić information content (AvgIpc) is 3.34. The van der Waals surface area contributed by atoms with Crippen LogP contribution in [0, 0.1) is 11.8 Å². The van der Waals surface area contributed by atoms with E-state index in [0.29, 0.717) is 48.3 Å². The van der Waals surface area contributed by atoms with E-state index in [9.17, 15) is 18.0 Å². The second-order valence-electron chi connectivity index (χ2n) is 9.64. The van der Waals surface area contributed by atoms with Crippen molar-refractivity contribution in [3.05, 3.63) is 47.1 Å². The molecule has 6 nitrogen and oxygen atoms in total. The first-order chi connectivity index (χ1) is 16.8. The number of carbonyl (C=O) groups is 1. The van der Waals surface area contributed by atoms with Crippen molar-refractivity contribution in [2.24, 2.45) is 11.8 Å². The Balaban J connectivity index is 1.13. The third kappa shape index (κ3) is 5.44. The van der Waals surface area contributed by atoms with Crippen molar-refractivity contribution < 1.29 is 22.4 Å². The highest BCUT2D eigenvalue weighted by molar-refractivity contribution is 6.31. The number of halogens is 4. The molecule has 35 heavy (non-hydrogen) atoms. The van der Waals surface area contributed by atoms with Gasteiger partial charge in [0, 0.05) is 28.2 Å². The summed E-state index contributed by atoms with van der Waals surface area (Å²) in [6.45, 7) is 0. The van der Waals surface area contributed by atoms with Crippen LogP contribution in [0.5, 0.6) is 0 Å². The second kappa shape index (κ2) is 9.76. The Hall–Kier alpha value is -2.68. The van der Waals surface area contributed by atoms with Crippen molar-refractivity contribution >= 4 is 34.2 Å². The van der Waals surface area contributed by atoms with Crippen LogP contribution in [0.15, 0.2) is 34.7 Å². The van der Waals surface area contributed by atoms with Gasteiger partial charge in [0.05, 0.1) is 11.4 Å². The van der Waals surface area contributed by atoms with E-state index in [4.69, 9.17) is 16.0 Å². The molecule has 0 saturated heterocycles. The molecule has 2 heterocycles. The number of rotatable bonds is 4. The Morgan fingerprint density at radius 1 is 0.914 bits per heavy atom. The summed E-state index contributed by atoms with van der Waals surface area (Å²) in [5.41, 5.74) is 0.759. The molecule has 1 N–H and O–H groups in total. The van der Waals surface area contributed by atoms with Crippen LogP contribution in [-0.2, 0) is 4.79 Å². The largest absolute Gasteiger partial charge is 0.425 e. The first kappa shape index (κ1) is 24.0. The molecule has 3 aromatic rings. The number of hydrogen-bond donors (Lipinski definition) is 1. The van der Waals surface area contributed by atoms with E-state index in [2.05, 4.69) is 20.5 Å². The number of aromatic nitrogens is 3. The van der Waals surface area contributed by atoms with Crippen LogP contribution in [0.3, 0.4) is 0 Å². The van der Waals surface area contributed by atoms with Crippen molar-refractivity contribution in [2.75, 3.05) is 5.32 Å². The molecule has 0 bridgehead atoms. The topological polar surface area (TPSA) is 80.9 Å². The maximum Gasteiger partial charge on any atom is 0.391 e. The number of pyridine rings is 1. The third-order valence-electron chi connectivity index (χ3n) is 7.35. The van der Waals surface area contributed by atoms with Crippen molar-refractivity contribution in [3.63, 3.8) is 0 Å². The molecule has 0 radical (unpaired) electrons. The van der Waals surface area contributed by atoms with E-state index in [1.807, 2.05) is 18.2 Å². The fraction of sp³-hybridized carbons (Fsp3) is 0.520. The van der Waals surface area contributed by atoms with Crippen molar-refractivity contribution in [1.29, 1.82) is 0 Å². The molecule has 0 atom stereocenters. The standard InChI is InChI=1S/C25H26ClF3N4O2/c26-19-10-11-20-17(13-19)7-12-21(30-20)31-22(34)14-1-3-15(4-2-14)23-32-33-24(35-23)16-5-8-18(9-6-16)25(27,28)29/h7,10-16,18H,1-6,8-9H2,(H,30,31,34). The zero-order chi connectivity index (χ0) is 24.6. The molecule has 5 rings (SSSR count). The lowest BCUT2D eigenvalue weighted by Crippen LogP contribution is -2.27. The number of benzene rings is 1. The summed E-state index contributed by atoms with van der Waals surface area (Å²) in [4.78, 5) is 17.3. The van der Waals surface area contributed by atoms with Gasteiger partial charge in [-0.3, -0.25) is 4.79 Å². The van der Waals surface area contributed by atoms with Crippen LogP contribution in [0.1, 0.15) is 75.0 Å². The van der Waals surface area contributed by atoms with Gasteiger partial charge in [-0.1, -0.05) is 11.6 Å². The maximum atomic E-state index is 12.9. The third-order valence-corrected chi connectivity index (χ3v) is 7.58. The highest BCUT2D eigenvalue weighted by atomic mass is 35.5. The van der Waals surface area contributed by atoms with E-state index < -0.39 is 12.1 Å². The summed E-state index contributed by atoms with van der Waals surface area (Å²) < 4.78 is 44.6. The normalized spacial score (nSPS) is 25.5. The Labute approximate surface area is 205 Å². The molecule has 1 aromatic carbocycles. The second-order valence-corrected chi connectivity index (χ2v) is 10.1. The van der Waals surface area contributed by atoms with E-state index in [1.165, 1.54) is 0 Å². The summed E-state index contributed by atoms with van der Waals surface area (Å²) in [6, 6.07) is 9.06. The van der Waals surface area contributed by atoms with E-state index >= 15 is 0 Å². The molecule has 0 aliphatic heterocycles. The number of anilines is 1.